The summed E-state index contributed by atoms with van der Waals surface area (Å²) in [5.74, 6) is 7.20. The SMILES string of the molecule is CC(C)(C)c1nnc(SCCOc2ccccc2F)n1N. The molecule has 0 aliphatic rings. The summed E-state index contributed by atoms with van der Waals surface area (Å²) in [5, 5.41) is 8.79. The highest BCUT2D eigenvalue weighted by Gasteiger charge is 2.22. The highest BCUT2D eigenvalue weighted by atomic mass is 32.2. The minimum absolute atomic E-state index is 0.162. The molecule has 2 N–H and O–H groups in total. The number of para-hydroxylation sites is 1. The first-order valence-electron chi connectivity index (χ1n) is 6.60. The second-order valence-electron chi connectivity index (χ2n) is 5.55. The molecule has 0 fully saturated rings. The minimum atomic E-state index is -0.362. The molecular weight excluding hydrogens is 291 g/mol. The molecule has 0 aliphatic carbocycles. The predicted octanol–water partition coefficient (Wildman–Crippen LogP) is 2.60. The molecule has 114 valence electrons. The number of nitrogens with two attached hydrogens (primary N) is 1. The zero-order valence-electron chi connectivity index (χ0n) is 12.3. The van der Waals surface area contributed by atoms with Gasteiger partial charge in [-0.1, -0.05) is 44.7 Å². The topological polar surface area (TPSA) is 66.0 Å². The standard InChI is InChI=1S/C14H19FN4OS/c1-14(2,3)12-17-18-13(19(12)16)21-9-8-20-11-7-5-4-6-10(11)15/h4-7H,8-9,16H2,1-3H3. The van der Waals surface area contributed by atoms with Crippen LogP contribution < -0.4 is 10.6 Å². The number of hydrogen-bond acceptors (Lipinski definition) is 5. The van der Waals surface area contributed by atoms with Gasteiger partial charge in [-0.2, -0.15) is 0 Å². The van der Waals surface area contributed by atoms with Crippen LogP contribution in [0.1, 0.15) is 26.6 Å². The molecule has 0 unspecified atom stereocenters. The summed E-state index contributed by atoms with van der Waals surface area (Å²) < 4.78 is 20.2. The second-order valence-corrected chi connectivity index (χ2v) is 6.62. The van der Waals surface area contributed by atoms with E-state index in [-0.39, 0.29) is 17.0 Å². The molecule has 7 heteroatoms. The summed E-state index contributed by atoms with van der Waals surface area (Å²) >= 11 is 1.43. The van der Waals surface area contributed by atoms with E-state index in [1.54, 1.807) is 18.2 Å². The Morgan fingerprint density at radius 2 is 2.00 bits per heavy atom. The lowest BCUT2D eigenvalue weighted by Crippen LogP contribution is -2.24. The fourth-order valence-corrected chi connectivity index (χ4v) is 2.41. The van der Waals surface area contributed by atoms with Crippen LogP contribution in [-0.2, 0) is 5.41 Å². The summed E-state index contributed by atoms with van der Waals surface area (Å²) in [6, 6.07) is 6.33. The van der Waals surface area contributed by atoms with Crippen molar-refractivity contribution in [3.05, 3.63) is 35.9 Å². The van der Waals surface area contributed by atoms with Crippen LogP contribution in [0.3, 0.4) is 0 Å². The van der Waals surface area contributed by atoms with Crippen LogP contribution in [0.2, 0.25) is 0 Å². The van der Waals surface area contributed by atoms with Gasteiger partial charge in [0.05, 0.1) is 6.61 Å². The minimum Gasteiger partial charge on any atom is -0.490 e. The molecule has 0 radical (unpaired) electrons. The number of thioether (sulfide) groups is 1. The quantitative estimate of drug-likeness (QED) is 0.522. The van der Waals surface area contributed by atoms with Gasteiger partial charge in [-0.3, -0.25) is 0 Å². The smallest absolute Gasteiger partial charge is 0.209 e. The first-order chi connectivity index (χ1) is 9.89. The molecule has 0 amide bonds. The van der Waals surface area contributed by atoms with E-state index in [2.05, 4.69) is 10.2 Å². The van der Waals surface area contributed by atoms with Crippen molar-refractivity contribution in [1.82, 2.24) is 14.9 Å². The Kier molecular flexibility index (Phi) is 4.72. The van der Waals surface area contributed by atoms with Crippen molar-refractivity contribution in [3.8, 4) is 5.75 Å². The first kappa shape index (κ1) is 15.6. The molecule has 0 bridgehead atoms. The largest absolute Gasteiger partial charge is 0.490 e. The van der Waals surface area contributed by atoms with Gasteiger partial charge in [-0.05, 0) is 12.1 Å². The third kappa shape index (κ3) is 3.87. The maximum Gasteiger partial charge on any atom is 0.209 e. The summed E-state index contributed by atoms with van der Waals surface area (Å²) in [4.78, 5) is 0. The van der Waals surface area contributed by atoms with Gasteiger partial charge < -0.3 is 10.6 Å². The van der Waals surface area contributed by atoms with Crippen molar-refractivity contribution in [2.24, 2.45) is 0 Å². The number of nitrogens with zero attached hydrogens (tertiary/aromatic N) is 3. The number of hydrogen-bond donors (Lipinski definition) is 1. The van der Waals surface area contributed by atoms with Gasteiger partial charge in [0, 0.05) is 11.2 Å². The van der Waals surface area contributed by atoms with Gasteiger partial charge in [-0.15, -0.1) is 10.2 Å². The molecule has 2 aromatic rings. The van der Waals surface area contributed by atoms with Gasteiger partial charge in [0.2, 0.25) is 5.16 Å². The summed E-state index contributed by atoms with van der Waals surface area (Å²) in [6.07, 6.45) is 0. The summed E-state index contributed by atoms with van der Waals surface area (Å²) in [7, 11) is 0. The molecule has 2 rings (SSSR count). The lowest BCUT2D eigenvalue weighted by Gasteiger charge is -2.16. The number of nitrogen functional groups attached to an aromatic ring is 1. The Morgan fingerprint density at radius 1 is 1.29 bits per heavy atom. The molecule has 0 aliphatic heterocycles. The van der Waals surface area contributed by atoms with Gasteiger partial charge in [0.25, 0.3) is 0 Å². The number of rotatable bonds is 5. The molecular formula is C14H19FN4OS. The second kappa shape index (κ2) is 6.34. The molecule has 0 saturated heterocycles. The molecule has 1 aromatic heterocycles. The lowest BCUT2D eigenvalue weighted by atomic mass is 9.96. The highest BCUT2D eigenvalue weighted by Crippen LogP contribution is 2.23. The number of benzene rings is 1. The van der Waals surface area contributed by atoms with Crippen LogP contribution in [0.25, 0.3) is 0 Å². The predicted molar refractivity (Wildman–Crippen MR) is 81.5 cm³/mol. The molecule has 5 nitrogen and oxygen atoms in total. The zero-order chi connectivity index (χ0) is 15.5. The number of ether oxygens (including phenoxy) is 1. The van der Waals surface area contributed by atoms with E-state index in [4.69, 9.17) is 10.6 Å². The van der Waals surface area contributed by atoms with E-state index in [9.17, 15) is 4.39 Å². The van der Waals surface area contributed by atoms with E-state index in [0.29, 0.717) is 17.5 Å². The van der Waals surface area contributed by atoms with Crippen molar-refractivity contribution in [1.29, 1.82) is 0 Å². The fraction of sp³-hybridized carbons (Fsp3) is 0.429. The van der Waals surface area contributed by atoms with Crippen LogP contribution >= 0.6 is 11.8 Å². The van der Waals surface area contributed by atoms with E-state index in [0.717, 1.165) is 5.82 Å². The maximum absolute atomic E-state index is 13.4. The van der Waals surface area contributed by atoms with Crippen molar-refractivity contribution >= 4 is 11.8 Å². The Morgan fingerprint density at radius 3 is 2.62 bits per heavy atom. The van der Waals surface area contributed by atoms with Gasteiger partial charge >= 0.3 is 0 Å². The maximum atomic E-state index is 13.4. The van der Waals surface area contributed by atoms with Crippen LogP contribution in [0, 0.1) is 5.82 Å². The third-order valence-corrected chi connectivity index (χ3v) is 3.65. The third-order valence-electron chi connectivity index (χ3n) is 2.74. The van der Waals surface area contributed by atoms with Crippen LogP contribution in [0.15, 0.2) is 29.4 Å². The zero-order valence-corrected chi connectivity index (χ0v) is 13.2. The van der Waals surface area contributed by atoms with Crippen molar-refractivity contribution in [2.75, 3.05) is 18.2 Å². The van der Waals surface area contributed by atoms with Crippen LogP contribution in [-0.4, -0.2) is 27.2 Å². The van der Waals surface area contributed by atoms with E-state index < -0.39 is 0 Å². The molecule has 1 aromatic carbocycles. The summed E-state index contributed by atoms with van der Waals surface area (Å²) in [6.45, 7) is 6.44. The highest BCUT2D eigenvalue weighted by molar-refractivity contribution is 7.99. The average molecular weight is 310 g/mol. The normalized spacial score (nSPS) is 11.6. The molecule has 1 heterocycles. The van der Waals surface area contributed by atoms with Crippen molar-refractivity contribution in [2.45, 2.75) is 31.3 Å². The lowest BCUT2D eigenvalue weighted by molar-refractivity contribution is 0.325. The molecule has 0 saturated carbocycles. The Labute approximate surface area is 127 Å². The van der Waals surface area contributed by atoms with Gasteiger partial charge in [-0.25, -0.2) is 9.07 Å². The Balaban J connectivity index is 1.87. The van der Waals surface area contributed by atoms with E-state index >= 15 is 0 Å². The fourth-order valence-electron chi connectivity index (χ4n) is 1.73. The van der Waals surface area contributed by atoms with Crippen LogP contribution in [0.4, 0.5) is 4.39 Å². The Hall–Kier alpha value is -1.76. The number of aromatic nitrogens is 3. The Bertz CT molecular complexity index is 609. The van der Waals surface area contributed by atoms with E-state index in [1.807, 2.05) is 20.8 Å². The van der Waals surface area contributed by atoms with Crippen molar-refractivity contribution < 1.29 is 9.13 Å². The van der Waals surface area contributed by atoms with Crippen LogP contribution in [0.5, 0.6) is 5.75 Å². The summed E-state index contributed by atoms with van der Waals surface area (Å²) in [5.41, 5.74) is -0.162. The van der Waals surface area contributed by atoms with Gasteiger partial charge in [0.1, 0.15) is 0 Å². The molecule has 0 spiro atoms. The van der Waals surface area contributed by atoms with Crippen molar-refractivity contribution in [3.63, 3.8) is 0 Å². The van der Waals surface area contributed by atoms with Gasteiger partial charge in [0.15, 0.2) is 17.4 Å². The molecule has 21 heavy (non-hydrogen) atoms. The first-order valence-corrected chi connectivity index (χ1v) is 7.59. The molecule has 0 atom stereocenters. The van der Waals surface area contributed by atoms with E-state index in [1.165, 1.54) is 22.5 Å². The average Bonchev–Trinajstić information content (AvgIpc) is 2.78. The number of halogens is 1. The monoisotopic (exact) mass is 310 g/mol.